The van der Waals surface area contributed by atoms with Crippen molar-refractivity contribution in [3.8, 4) is 0 Å². The number of H-pyrrole nitrogens is 1. The van der Waals surface area contributed by atoms with E-state index in [1.807, 2.05) is 12.1 Å². The zero-order chi connectivity index (χ0) is 12.1. The molecular formula is C13H18N4. The first-order valence-corrected chi connectivity index (χ1v) is 5.99. The molecule has 1 heterocycles. The van der Waals surface area contributed by atoms with Crippen molar-refractivity contribution in [1.29, 1.82) is 0 Å². The molecule has 0 spiro atoms. The topological polar surface area (TPSA) is 53.6 Å². The lowest BCUT2D eigenvalue weighted by molar-refractivity contribution is 0.900. The summed E-state index contributed by atoms with van der Waals surface area (Å²) in [5.74, 6) is 1.83. The monoisotopic (exact) mass is 230 g/mol. The Morgan fingerprint density at radius 3 is 2.82 bits per heavy atom. The predicted octanol–water partition coefficient (Wildman–Crippen LogP) is 2.33. The van der Waals surface area contributed by atoms with Gasteiger partial charge >= 0.3 is 0 Å². The fourth-order valence-corrected chi connectivity index (χ4v) is 1.69. The van der Waals surface area contributed by atoms with Gasteiger partial charge in [-0.25, -0.2) is 4.98 Å². The number of hydrogen-bond donors (Lipinski definition) is 2. The van der Waals surface area contributed by atoms with Gasteiger partial charge in [0, 0.05) is 25.1 Å². The van der Waals surface area contributed by atoms with Crippen LogP contribution in [-0.4, -0.2) is 21.7 Å². The van der Waals surface area contributed by atoms with Crippen molar-refractivity contribution in [1.82, 2.24) is 15.2 Å². The van der Waals surface area contributed by atoms with Crippen molar-refractivity contribution in [3.05, 3.63) is 41.5 Å². The number of nitrogens with one attached hydrogen (secondary N) is 2. The number of aromatic amines is 1. The minimum atomic E-state index is 0.862. The fraction of sp³-hybridized carbons (Fsp3) is 0.385. The summed E-state index contributed by atoms with van der Waals surface area (Å²) in [7, 11) is 0. The summed E-state index contributed by atoms with van der Waals surface area (Å²) in [5.41, 5.74) is 2.45. The van der Waals surface area contributed by atoms with E-state index in [0.717, 1.165) is 31.0 Å². The van der Waals surface area contributed by atoms with Gasteiger partial charge in [0.15, 0.2) is 0 Å². The number of aromatic nitrogens is 3. The summed E-state index contributed by atoms with van der Waals surface area (Å²) in [4.78, 5) is 4.38. The lowest BCUT2D eigenvalue weighted by Crippen LogP contribution is -2.07. The number of anilines is 1. The van der Waals surface area contributed by atoms with Crippen LogP contribution in [0.15, 0.2) is 24.3 Å². The van der Waals surface area contributed by atoms with Gasteiger partial charge in [0.2, 0.25) is 0 Å². The molecule has 17 heavy (non-hydrogen) atoms. The maximum absolute atomic E-state index is 4.38. The Bertz CT molecular complexity index is 476. The summed E-state index contributed by atoms with van der Waals surface area (Å²) in [6, 6.07) is 8.28. The summed E-state index contributed by atoms with van der Waals surface area (Å²) in [6.45, 7) is 5.02. The summed E-state index contributed by atoms with van der Waals surface area (Å²) in [6.07, 6.45) is 1.74. The van der Waals surface area contributed by atoms with Gasteiger partial charge < -0.3 is 5.32 Å². The molecule has 4 heteroatoms. The van der Waals surface area contributed by atoms with E-state index in [1.54, 1.807) is 0 Å². The Kier molecular flexibility index (Phi) is 3.75. The molecule has 0 bridgehead atoms. The van der Waals surface area contributed by atoms with E-state index in [2.05, 4.69) is 46.5 Å². The van der Waals surface area contributed by atoms with Crippen LogP contribution in [0.2, 0.25) is 0 Å². The van der Waals surface area contributed by atoms with Crippen LogP contribution in [0.1, 0.15) is 24.1 Å². The molecule has 0 fully saturated rings. The number of para-hydroxylation sites is 1. The van der Waals surface area contributed by atoms with E-state index in [9.17, 15) is 0 Å². The van der Waals surface area contributed by atoms with Gasteiger partial charge in [-0.1, -0.05) is 25.1 Å². The molecule has 90 valence electrons. The number of hydrogen-bond acceptors (Lipinski definition) is 3. The maximum Gasteiger partial charge on any atom is 0.150 e. The van der Waals surface area contributed by atoms with Crippen LogP contribution >= 0.6 is 0 Å². The zero-order valence-electron chi connectivity index (χ0n) is 10.3. The minimum absolute atomic E-state index is 0.862. The smallest absolute Gasteiger partial charge is 0.150 e. The van der Waals surface area contributed by atoms with Crippen LogP contribution in [0.4, 0.5) is 5.69 Å². The maximum atomic E-state index is 4.38. The molecule has 2 rings (SSSR count). The van der Waals surface area contributed by atoms with Gasteiger partial charge in [-0.15, -0.1) is 0 Å². The molecule has 0 radical (unpaired) electrons. The molecule has 4 nitrogen and oxygen atoms in total. The van der Waals surface area contributed by atoms with Crippen LogP contribution in [0.25, 0.3) is 0 Å². The first-order chi connectivity index (χ1) is 8.29. The molecule has 0 saturated carbocycles. The van der Waals surface area contributed by atoms with Gasteiger partial charge in [0.1, 0.15) is 11.6 Å². The first kappa shape index (κ1) is 11.6. The molecule has 0 saturated heterocycles. The van der Waals surface area contributed by atoms with Crippen molar-refractivity contribution in [2.45, 2.75) is 26.7 Å². The number of aryl methyl sites for hydroxylation is 2. The largest absolute Gasteiger partial charge is 0.384 e. The average molecular weight is 230 g/mol. The third-order valence-electron chi connectivity index (χ3n) is 2.72. The standard InChI is InChI=1S/C13H18N4/c1-3-12-15-13(17-16-12)8-9-14-11-7-5-4-6-10(11)2/h4-7,14H,3,8-9H2,1-2H3,(H,15,16,17). The average Bonchev–Trinajstić information content (AvgIpc) is 2.80. The van der Waals surface area contributed by atoms with E-state index in [1.165, 1.54) is 11.3 Å². The molecule has 0 amide bonds. The highest BCUT2D eigenvalue weighted by molar-refractivity contribution is 5.50. The van der Waals surface area contributed by atoms with Crippen LogP contribution in [0.5, 0.6) is 0 Å². The zero-order valence-corrected chi connectivity index (χ0v) is 10.3. The molecule has 1 aromatic carbocycles. The lowest BCUT2D eigenvalue weighted by atomic mass is 10.2. The Labute approximate surface area is 101 Å². The van der Waals surface area contributed by atoms with Crippen molar-refractivity contribution >= 4 is 5.69 Å². The fourth-order valence-electron chi connectivity index (χ4n) is 1.69. The molecule has 0 aliphatic heterocycles. The summed E-state index contributed by atoms with van der Waals surface area (Å²) in [5, 5.41) is 10.5. The normalized spacial score (nSPS) is 10.5. The van der Waals surface area contributed by atoms with E-state index in [0.29, 0.717) is 0 Å². The quantitative estimate of drug-likeness (QED) is 0.829. The molecule has 1 aromatic heterocycles. The van der Waals surface area contributed by atoms with Crippen LogP contribution in [0, 0.1) is 6.92 Å². The Morgan fingerprint density at radius 2 is 2.12 bits per heavy atom. The Hall–Kier alpha value is -1.84. The third-order valence-corrected chi connectivity index (χ3v) is 2.72. The van der Waals surface area contributed by atoms with Crippen molar-refractivity contribution in [2.24, 2.45) is 0 Å². The molecule has 2 aromatic rings. The van der Waals surface area contributed by atoms with Gasteiger partial charge in [0.05, 0.1) is 0 Å². The highest BCUT2D eigenvalue weighted by Crippen LogP contribution is 2.12. The molecule has 0 atom stereocenters. The molecule has 0 aliphatic rings. The van der Waals surface area contributed by atoms with Gasteiger partial charge in [-0.3, -0.25) is 5.10 Å². The van der Waals surface area contributed by atoms with Crippen molar-refractivity contribution < 1.29 is 0 Å². The number of nitrogens with zero attached hydrogens (tertiary/aromatic N) is 2. The molecule has 0 unspecified atom stereocenters. The number of benzene rings is 1. The molecule has 0 aliphatic carbocycles. The van der Waals surface area contributed by atoms with Crippen LogP contribution < -0.4 is 5.32 Å². The summed E-state index contributed by atoms with van der Waals surface area (Å²) >= 11 is 0. The minimum Gasteiger partial charge on any atom is -0.384 e. The predicted molar refractivity (Wildman–Crippen MR) is 69.1 cm³/mol. The van der Waals surface area contributed by atoms with Crippen LogP contribution in [-0.2, 0) is 12.8 Å². The van der Waals surface area contributed by atoms with Gasteiger partial charge in [-0.05, 0) is 18.6 Å². The first-order valence-electron chi connectivity index (χ1n) is 5.99. The second kappa shape index (κ2) is 5.48. The van der Waals surface area contributed by atoms with Crippen molar-refractivity contribution in [3.63, 3.8) is 0 Å². The van der Waals surface area contributed by atoms with Gasteiger partial charge in [-0.2, -0.15) is 5.10 Å². The molecular weight excluding hydrogens is 212 g/mol. The van der Waals surface area contributed by atoms with Crippen molar-refractivity contribution in [2.75, 3.05) is 11.9 Å². The van der Waals surface area contributed by atoms with E-state index >= 15 is 0 Å². The Morgan fingerprint density at radius 1 is 1.29 bits per heavy atom. The van der Waals surface area contributed by atoms with E-state index in [4.69, 9.17) is 0 Å². The second-order valence-corrected chi connectivity index (χ2v) is 4.04. The van der Waals surface area contributed by atoms with E-state index < -0.39 is 0 Å². The Balaban J connectivity index is 1.85. The van der Waals surface area contributed by atoms with Crippen LogP contribution in [0.3, 0.4) is 0 Å². The third kappa shape index (κ3) is 3.06. The highest BCUT2D eigenvalue weighted by Gasteiger charge is 2.01. The highest BCUT2D eigenvalue weighted by atomic mass is 15.2. The lowest BCUT2D eigenvalue weighted by Gasteiger charge is -2.07. The summed E-state index contributed by atoms with van der Waals surface area (Å²) < 4.78 is 0. The second-order valence-electron chi connectivity index (χ2n) is 4.04. The van der Waals surface area contributed by atoms with E-state index in [-0.39, 0.29) is 0 Å². The number of rotatable bonds is 5. The SMILES string of the molecule is CCc1n[nH]c(CCNc2ccccc2C)n1. The molecule has 2 N–H and O–H groups in total. The van der Waals surface area contributed by atoms with Gasteiger partial charge in [0.25, 0.3) is 0 Å².